The summed E-state index contributed by atoms with van der Waals surface area (Å²) >= 11 is 0. The van der Waals surface area contributed by atoms with E-state index >= 15 is 0 Å². The minimum Gasteiger partial charge on any atom is -0.394 e. The molecule has 0 amide bonds. The van der Waals surface area contributed by atoms with Crippen molar-refractivity contribution < 1.29 is 9.22 Å². The van der Waals surface area contributed by atoms with Gasteiger partial charge in [-0.3, -0.25) is 4.80 Å². The van der Waals surface area contributed by atoms with Crippen LogP contribution in [0, 0.1) is 5.92 Å². The molecule has 0 aromatic carbocycles. The van der Waals surface area contributed by atoms with Crippen molar-refractivity contribution in [1.29, 1.82) is 0 Å². The topological polar surface area (TPSA) is 55.1 Å². The fraction of sp³-hybridized carbons (Fsp3) is 1.00. The van der Waals surface area contributed by atoms with E-state index in [4.69, 9.17) is 10.2 Å². The molecule has 1 radical (unpaired) electrons. The summed E-state index contributed by atoms with van der Waals surface area (Å²) in [6.45, 7) is 6.22. The van der Waals surface area contributed by atoms with E-state index < -0.39 is 9.28 Å². The second kappa shape index (κ2) is 4.84. The van der Waals surface area contributed by atoms with Gasteiger partial charge in [0, 0.05) is 12.3 Å². The Kier molecular flexibility index (Phi) is 4.89. The largest absolute Gasteiger partial charge is 0.394 e. The standard InChI is InChI=1S/C6H16NO2Si/c1-4-9-10(8)6(7)5(2)3/h5-6,10H,4,7H2,1-3H3. The van der Waals surface area contributed by atoms with Gasteiger partial charge in [-0.2, -0.15) is 0 Å². The number of hydrogen-bond acceptors (Lipinski definition) is 2. The van der Waals surface area contributed by atoms with Crippen molar-refractivity contribution in [3.05, 3.63) is 0 Å². The lowest BCUT2D eigenvalue weighted by Gasteiger charge is -2.17. The normalized spacial score (nSPS) is 17.4. The van der Waals surface area contributed by atoms with Gasteiger partial charge in [0.05, 0.1) is 0 Å². The summed E-state index contributed by atoms with van der Waals surface area (Å²) < 4.78 is 4.92. The smallest absolute Gasteiger partial charge is 0.375 e. The van der Waals surface area contributed by atoms with Crippen molar-refractivity contribution in [3.8, 4) is 0 Å². The van der Waals surface area contributed by atoms with E-state index in [0.717, 1.165) is 0 Å². The fourth-order valence-corrected chi connectivity index (χ4v) is 1.77. The van der Waals surface area contributed by atoms with Gasteiger partial charge in [0.25, 0.3) is 0 Å². The zero-order chi connectivity index (χ0) is 8.15. The van der Waals surface area contributed by atoms with Gasteiger partial charge in [-0.15, -0.1) is 0 Å². The predicted octanol–water partition coefficient (Wildman–Crippen LogP) is 0.196. The van der Waals surface area contributed by atoms with Crippen molar-refractivity contribution in [1.82, 2.24) is 0 Å². The lowest BCUT2D eigenvalue weighted by atomic mass is 10.2. The van der Waals surface area contributed by atoms with Crippen molar-refractivity contribution in [2.45, 2.75) is 26.4 Å². The number of nitrogens with two attached hydrogens (primary N) is 1. The Bertz CT molecular complexity index is 89.8. The molecular formula is C6H16NO2Si. The zero-order valence-corrected chi connectivity index (χ0v) is 7.99. The van der Waals surface area contributed by atoms with Crippen LogP contribution in [0.2, 0.25) is 0 Å². The molecule has 0 saturated heterocycles. The molecule has 0 aromatic rings. The molecule has 4 heteroatoms. The molecule has 0 heterocycles. The second-order valence-corrected chi connectivity index (χ2v) is 4.49. The molecule has 0 rings (SSSR count). The quantitative estimate of drug-likeness (QED) is 0.600. The highest BCUT2D eigenvalue weighted by atomic mass is 28.3. The summed E-state index contributed by atoms with van der Waals surface area (Å²) in [6, 6.07) is 0. The van der Waals surface area contributed by atoms with E-state index in [0.29, 0.717) is 6.61 Å². The SMILES string of the molecule is CCO[SiH]([O])C(N)C(C)C. The molecule has 2 unspecified atom stereocenters. The molecule has 61 valence electrons. The first-order valence-electron chi connectivity index (χ1n) is 3.62. The minimum atomic E-state index is -2.33. The van der Waals surface area contributed by atoms with Crippen molar-refractivity contribution >= 4 is 9.28 Å². The maximum Gasteiger partial charge on any atom is 0.375 e. The van der Waals surface area contributed by atoms with E-state index in [1.807, 2.05) is 20.8 Å². The Morgan fingerprint density at radius 1 is 1.60 bits per heavy atom. The minimum absolute atomic E-state index is 0.250. The van der Waals surface area contributed by atoms with Crippen LogP contribution in [0.15, 0.2) is 0 Å². The maximum absolute atomic E-state index is 11.1. The summed E-state index contributed by atoms with van der Waals surface area (Å²) in [7, 11) is -2.33. The van der Waals surface area contributed by atoms with Gasteiger partial charge in [0.2, 0.25) is 0 Å². The third-order valence-electron chi connectivity index (χ3n) is 1.42. The van der Waals surface area contributed by atoms with E-state index in [-0.39, 0.29) is 11.6 Å². The van der Waals surface area contributed by atoms with Crippen LogP contribution in [-0.4, -0.2) is 21.6 Å². The van der Waals surface area contributed by atoms with Gasteiger partial charge in [-0.25, -0.2) is 0 Å². The van der Waals surface area contributed by atoms with Crippen LogP contribution in [-0.2, 0) is 9.22 Å². The van der Waals surface area contributed by atoms with E-state index in [9.17, 15) is 4.80 Å². The monoisotopic (exact) mass is 162 g/mol. The summed E-state index contributed by atoms with van der Waals surface area (Å²) in [6.07, 6.45) is 0. The molecule has 0 spiro atoms. The van der Waals surface area contributed by atoms with Crippen LogP contribution in [0.1, 0.15) is 20.8 Å². The predicted molar refractivity (Wildman–Crippen MR) is 42.3 cm³/mol. The zero-order valence-electron chi connectivity index (χ0n) is 6.83. The van der Waals surface area contributed by atoms with E-state index in [1.54, 1.807) is 0 Å². The highest BCUT2D eigenvalue weighted by Gasteiger charge is 2.22. The summed E-state index contributed by atoms with van der Waals surface area (Å²) in [5, 5.41) is 0. The van der Waals surface area contributed by atoms with Gasteiger partial charge in [-0.05, 0) is 12.8 Å². The molecule has 2 N–H and O–H groups in total. The van der Waals surface area contributed by atoms with Gasteiger partial charge < -0.3 is 10.2 Å². The van der Waals surface area contributed by atoms with Crippen LogP contribution in [0.4, 0.5) is 0 Å². The molecule has 10 heavy (non-hydrogen) atoms. The van der Waals surface area contributed by atoms with E-state index in [1.165, 1.54) is 0 Å². The highest BCUT2D eigenvalue weighted by Crippen LogP contribution is 2.01. The van der Waals surface area contributed by atoms with Crippen LogP contribution >= 0.6 is 0 Å². The molecule has 0 aliphatic heterocycles. The first-order valence-corrected chi connectivity index (χ1v) is 5.23. The van der Waals surface area contributed by atoms with Crippen LogP contribution in [0.3, 0.4) is 0 Å². The highest BCUT2D eigenvalue weighted by molar-refractivity contribution is 6.44. The third kappa shape index (κ3) is 3.31. The summed E-state index contributed by atoms with van der Waals surface area (Å²) in [5.74, 6) is 0.251. The Labute approximate surface area is 64.0 Å². The molecule has 0 aliphatic carbocycles. The fourth-order valence-electron chi connectivity index (χ4n) is 0.590. The van der Waals surface area contributed by atoms with Crippen LogP contribution in [0.5, 0.6) is 0 Å². The number of rotatable bonds is 4. The molecular weight excluding hydrogens is 146 g/mol. The first kappa shape index (κ1) is 10.1. The summed E-state index contributed by atoms with van der Waals surface area (Å²) in [5.41, 5.74) is 5.32. The van der Waals surface area contributed by atoms with Gasteiger partial charge in [0.1, 0.15) is 0 Å². The third-order valence-corrected chi connectivity index (χ3v) is 3.48. The Balaban J connectivity index is 3.58. The average molecular weight is 162 g/mol. The Morgan fingerprint density at radius 2 is 2.10 bits per heavy atom. The maximum atomic E-state index is 11.1. The van der Waals surface area contributed by atoms with Gasteiger partial charge >= 0.3 is 9.28 Å². The molecule has 2 atom stereocenters. The molecule has 0 bridgehead atoms. The molecule has 3 nitrogen and oxygen atoms in total. The number of hydrogen-bond donors (Lipinski definition) is 1. The summed E-state index contributed by atoms with van der Waals surface area (Å²) in [4.78, 5) is 11.1. The van der Waals surface area contributed by atoms with Crippen molar-refractivity contribution in [2.24, 2.45) is 11.7 Å². The van der Waals surface area contributed by atoms with Gasteiger partial charge in [-0.1, -0.05) is 13.8 Å². The molecule has 0 saturated carbocycles. The van der Waals surface area contributed by atoms with Gasteiger partial charge in [0.15, 0.2) is 0 Å². The Morgan fingerprint density at radius 3 is 2.40 bits per heavy atom. The van der Waals surface area contributed by atoms with Crippen LogP contribution in [0.25, 0.3) is 0 Å². The molecule has 0 aromatic heterocycles. The van der Waals surface area contributed by atoms with Crippen LogP contribution < -0.4 is 5.73 Å². The van der Waals surface area contributed by atoms with E-state index in [2.05, 4.69) is 0 Å². The lowest BCUT2D eigenvalue weighted by Crippen LogP contribution is -2.44. The Hall–Kier alpha value is 0.0969. The second-order valence-electron chi connectivity index (χ2n) is 2.65. The average Bonchev–Trinajstić information content (AvgIpc) is 1.87. The lowest BCUT2D eigenvalue weighted by molar-refractivity contribution is 0.223. The van der Waals surface area contributed by atoms with Crippen molar-refractivity contribution in [3.63, 3.8) is 0 Å². The molecule has 0 aliphatic rings. The van der Waals surface area contributed by atoms with Crippen molar-refractivity contribution in [2.75, 3.05) is 6.61 Å². The molecule has 0 fully saturated rings. The first-order chi connectivity index (χ1) is 4.59.